The Labute approximate surface area is 147 Å². The number of rotatable bonds is 7. The second-order valence-electron chi connectivity index (χ2n) is 6.54. The molecule has 1 aromatic carbocycles. The summed E-state index contributed by atoms with van der Waals surface area (Å²) in [7, 11) is 0. The van der Waals surface area contributed by atoms with Crippen LogP contribution in [0.3, 0.4) is 0 Å². The number of hydrogen-bond acceptors (Lipinski definition) is 3. The van der Waals surface area contributed by atoms with Crippen molar-refractivity contribution in [3.8, 4) is 0 Å². The Balaban J connectivity index is 1.52. The second kappa shape index (κ2) is 7.96. The van der Waals surface area contributed by atoms with E-state index >= 15 is 0 Å². The normalized spacial score (nSPS) is 14.0. The standard InChI is InChI=1S/C19H24N4O2/c1-13-7-8-15(12-16(13)23-19(25)14-4-2-5-14)18(24)22-9-3-6-17-20-10-11-21-17/h7-8,10-12,14H,2-6,9H2,1H3,(H,20,21)(H,22,24)(H,23,25). The molecule has 6 nitrogen and oxygen atoms in total. The third-order valence-corrected chi connectivity index (χ3v) is 4.66. The second-order valence-corrected chi connectivity index (χ2v) is 6.54. The van der Waals surface area contributed by atoms with E-state index in [1.54, 1.807) is 24.5 Å². The van der Waals surface area contributed by atoms with Crippen LogP contribution < -0.4 is 10.6 Å². The first-order chi connectivity index (χ1) is 12.1. The number of amides is 2. The number of nitrogens with zero attached hydrogens (tertiary/aromatic N) is 1. The minimum absolute atomic E-state index is 0.0605. The third-order valence-electron chi connectivity index (χ3n) is 4.66. The SMILES string of the molecule is Cc1ccc(C(=O)NCCCc2ncc[nH]2)cc1NC(=O)C1CCC1. The molecule has 1 saturated carbocycles. The van der Waals surface area contributed by atoms with Crippen molar-refractivity contribution < 1.29 is 9.59 Å². The van der Waals surface area contributed by atoms with Crippen LogP contribution in [0.1, 0.15) is 47.4 Å². The topological polar surface area (TPSA) is 86.9 Å². The summed E-state index contributed by atoms with van der Waals surface area (Å²) >= 11 is 0. The highest BCUT2D eigenvalue weighted by Gasteiger charge is 2.25. The first-order valence-corrected chi connectivity index (χ1v) is 8.81. The zero-order valence-corrected chi connectivity index (χ0v) is 14.5. The summed E-state index contributed by atoms with van der Waals surface area (Å²) in [5.41, 5.74) is 2.25. The van der Waals surface area contributed by atoms with E-state index in [4.69, 9.17) is 0 Å². The fraction of sp³-hybridized carbons (Fsp3) is 0.421. The van der Waals surface area contributed by atoms with Gasteiger partial charge < -0.3 is 15.6 Å². The third kappa shape index (κ3) is 4.47. The zero-order valence-electron chi connectivity index (χ0n) is 14.5. The van der Waals surface area contributed by atoms with Crippen molar-refractivity contribution in [1.82, 2.24) is 15.3 Å². The number of hydrogen-bond donors (Lipinski definition) is 3. The molecule has 0 bridgehead atoms. The Bertz CT molecular complexity index is 736. The molecule has 0 radical (unpaired) electrons. The summed E-state index contributed by atoms with van der Waals surface area (Å²) in [6, 6.07) is 5.41. The molecule has 0 aliphatic heterocycles. The molecule has 0 spiro atoms. The van der Waals surface area contributed by atoms with Crippen molar-refractivity contribution in [3.63, 3.8) is 0 Å². The lowest BCUT2D eigenvalue weighted by Crippen LogP contribution is -2.29. The van der Waals surface area contributed by atoms with Gasteiger partial charge in [-0.05, 0) is 43.9 Å². The van der Waals surface area contributed by atoms with Gasteiger partial charge in [0.2, 0.25) is 5.91 Å². The van der Waals surface area contributed by atoms with Crippen molar-refractivity contribution >= 4 is 17.5 Å². The van der Waals surface area contributed by atoms with Gasteiger partial charge in [0.15, 0.2) is 0 Å². The number of aromatic nitrogens is 2. The van der Waals surface area contributed by atoms with E-state index in [0.29, 0.717) is 12.1 Å². The molecule has 2 aromatic rings. The van der Waals surface area contributed by atoms with Crippen LogP contribution in [-0.4, -0.2) is 28.3 Å². The summed E-state index contributed by atoms with van der Waals surface area (Å²) in [5, 5.41) is 5.88. The molecule has 1 aliphatic carbocycles. The average molecular weight is 340 g/mol. The minimum atomic E-state index is -0.126. The lowest BCUT2D eigenvalue weighted by Gasteiger charge is -2.24. The van der Waals surface area contributed by atoms with Gasteiger partial charge in [0.1, 0.15) is 5.82 Å². The van der Waals surface area contributed by atoms with Gasteiger partial charge in [-0.15, -0.1) is 0 Å². The Morgan fingerprint density at radius 1 is 1.32 bits per heavy atom. The molecule has 3 rings (SSSR count). The number of aryl methyl sites for hydroxylation is 2. The quantitative estimate of drug-likeness (QED) is 0.677. The van der Waals surface area contributed by atoms with E-state index in [0.717, 1.165) is 49.2 Å². The van der Waals surface area contributed by atoms with E-state index in [-0.39, 0.29) is 17.7 Å². The zero-order chi connectivity index (χ0) is 17.6. The molecule has 25 heavy (non-hydrogen) atoms. The van der Waals surface area contributed by atoms with Crippen molar-refractivity contribution in [3.05, 3.63) is 47.5 Å². The number of aromatic amines is 1. The molecule has 132 valence electrons. The van der Waals surface area contributed by atoms with E-state index < -0.39 is 0 Å². The van der Waals surface area contributed by atoms with Crippen LogP contribution in [0.25, 0.3) is 0 Å². The summed E-state index contributed by atoms with van der Waals surface area (Å²) in [5.74, 6) is 0.980. The van der Waals surface area contributed by atoms with Crippen LogP contribution in [0, 0.1) is 12.8 Å². The molecule has 1 fully saturated rings. The first kappa shape index (κ1) is 17.2. The fourth-order valence-corrected chi connectivity index (χ4v) is 2.80. The van der Waals surface area contributed by atoms with Gasteiger partial charge in [-0.2, -0.15) is 0 Å². The van der Waals surface area contributed by atoms with Gasteiger partial charge in [0, 0.05) is 42.5 Å². The fourth-order valence-electron chi connectivity index (χ4n) is 2.80. The molecular formula is C19H24N4O2. The van der Waals surface area contributed by atoms with E-state index in [1.807, 2.05) is 13.0 Å². The molecule has 0 unspecified atom stereocenters. The van der Waals surface area contributed by atoms with Crippen molar-refractivity contribution in [2.45, 2.75) is 39.0 Å². The van der Waals surface area contributed by atoms with Crippen LogP contribution in [-0.2, 0) is 11.2 Å². The number of carbonyl (C=O) groups is 2. The van der Waals surface area contributed by atoms with Crippen molar-refractivity contribution in [2.24, 2.45) is 5.92 Å². The average Bonchev–Trinajstić information content (AvgIpc) is 3.05. The van der Waals surface area contributed by atoms with Crippen LogP contribution in [0.2, 0.25) is 0 Å². The maximum Gasteiger partial charge on any atom is 0.251 e. The van der Waals surface area contributed by atoms with E-state index in [9.17, 15) is 9.59 Å². The molecule has 1 aromatic heterocycles. The summed E-state index contributed by atoms with van der Waals surface area (Å²) < 4.78 is 0. The summed E-state index contributed by atoms with van der Waals surface area (Å²) in [6.45, 7) is 2.51. The van der Waals surface area contributed by atoms with Gasteiger partial charge in [-0.3, -0.25) is 9.59 Å². The molecule has 1 aliphatic rings. The lowest BCUT2D eigenvalue weighted by molar-refractivity contribution is -0.122. The smallest absolute Gasteiger partial charge is 0.251 e. The number of H-pyrrole nitrogens is 1. The minimum Gasteiger partial charge on any atom is -0.352 e. The highest BCUT2D eigenvalue weighted by molar-refractivity contribution is 5.98. The predicted octanol–water partition coefficient (Wildman–Crippen LogP) is 2.82. The Morgan fingerprint density at radius 2 is 2.16 bits per heavy atom. The molecule has 0 atom stereocenters. The summed E-state index contributed by atoms with van der Waals surface area (Å²) in [6.07, 6.45) is 8.17. The van der Waals surface area contributed by atoms with E-state index in [1.165, 1.54) is 0 Å². The maximum absolute atomic E-state index is 12.3. The first-order valence-electron chi connectivity index (χ1n) is 8.81. The van der Waals surface area contributed by atoms with Crippen molar-refractivity contribution in [1.29, 1.82) is 0 Å². The molecule has 0 saturated heterocycles. The van der Waals surface area contributed by atoms with Crippen LogP contribution in [0.5, 0.6) is 0 Å². The van der Waals surface area contributed by atoms with Crippen molar-refractivity contribution in [2.75, 3.05) is 11.9 Å². The van der Waals surface area contributed by atoms with Gasteiger partial charge in [0.05, 0.1) is 0 Å². The molecule has 3 N–H and O–H groups in total. The van der Waals surface area contributed by atoms with E-state index in [2.05, 4.69) is 20.6 Å². The Morgan fingerprint density at radius 3 is 2.84 bits per heavy atom. The highest BCUT2D eigenvalue weighted by atomic mass is 16.2. The monoisotopic (exact) mass is 340 g/mol. The molecule has 1 heterocycles. The number of anilines is 1. The van der Waals surface area contributed by atoms with Crippen LogP contribution >= 0.6 is 0 Å². The lowest BCUT2D eigenvalue weighted by atomic mass is 9.85. The number of imidazole rings is 1. The Hall–Kier alpha value is -2.63. The molecule has 2 amide bonds. The molecule has 6 heteroatoms. The number of nitrogens with one attached hydrogen (secondary N) is 3. The number of benzene rings is 1. The number of carbonyl (C=O) groups excluding carboxylic acids is 2. The summed E-state index contributed by atoms with van der Waals surface area (Å²) in [4.78, 5) is 31.6. The highest BCUT2D eigenvalue weighted by Crippen LogP contribution is 2.28. The predicted molar refractivity (Wildman–Crippen MR) is 96.4 cm³/mol. The van der Waals surface area contributed by atoms with Gasteiger partial charge in [-0.25, -0.2) is 4.98 Å². The largest absolute Gasteiger partial charge is 0.352 e. The van der Waals surface area contributed by atoms with Crippen LogP contribution in [0.4, 0.5) is 5.69 Å². The van der Waals surface area contributed by atoms with Gasteiger partial charge >= 0.3 is 0 Å². The molecular weight excluding hydrogens is 316 g/mol. The van der Waals surface area contributed by atoms with Gasteiger partial charge in [-0.1, -0.05) is 12.5 Å². The van der Waals surface area contributed by atoms with Gasteiger partial charge in [0.25, 0.3) is 5.91 Å². The maximum atomic E-state index is 12.3. The van der Waals surface area contributed by atoms with Crippen LogP contribution in [0.15, 0.2) is 30.6 Å². The Kier molecular flexibility index (Phi) is 5.48.